The van der Waals surface area contributed by atoms with Crippen LogP contribution >= 0.6 is 15.9 Å². The Hall–Kier alpha value is -1.60. The van der Waals surface area contributed by atoms with E-state index in [-0.39, 0.29) is 0 Å². The highest BCUT2D eigenvalue weighted by Crippen LogP contribution is 2.30. The van der Waals surface area contributed by atoms with Gasteiger partial charge in [-0.3, -0.25) is 5.10 Å². The van der Waals surface area contributed by atoms with Crippen molar-refractivity contribution in [2.75, 3.05) is 38.2 Å². The number of nitrogens with one attached hydrogen (secondary N) is 2. The van der Waals surface area contributed by atoms with Crippen molar-refractivity contribution in [3.8, 4) is 17.1 Å². The first-order valence-corrected chi connectivity index (χ1v) is 7.29. The van der Waals surface area contributed by atoms with E-state index in [9.17, 15) is 0 Å². The molecule has 20 heavy (non-hydrogen) atoms. The molecule has 0 radical (unpaired) electrons. The number of anilines is 1. The fraction of sp³-hybridized carbons (Fsp3) is 0.385. The third-order valence-electron chi connectivity index (χ3n) is 3.30. The highest BCUT2D eigenvalue weighted by Gasteiger charge is 2.16. The Morgan fingerprint density at radius 3 is 2.85 bits per heavy atom. The molecule has 1 fully saturated rings. The Morgan fingerprint density at radius 2 is 2.10 bits per heavy atom. The molecule has 106 valence electrons. The van der Waals surface area contributed by atoms with E-state index in [1.54, 1.807) is 7.11 Å². The number of aromatic nitrogens is 3. The molecular formula is C13H16BrN5O. The smallest absolute Gasteiger partial charge is 0.245 e. The van der Waals surface area contributed by atoms with Gasteiger partial charge in [0.05, 0.1) is 7.11 Å². The van der Waals surface area contributed by atoms with Crippen LogP contribution in [0.5, 0.6) is 5.75 Å². The van der Waals surface area contributed by atoms with Crippen molar-refractivity contribution >= 4 is 21.9 Å². The molecule has 1 aliphatic rings. The second-order valence-corrected chi connectivity index (χ2v) is 5.42. The lowest BCUT2D eigenvalue weighted by Crippen LogP contribution is -2.44. The summed E-state index contributed by atoms with van der Waals surface area (Å²) in [5.74, 6) is 2.28. The zero-order valence-corrected chi connectivity index (χ0v) is 12.8. The number of hydrogen-bond acceptors (Lipinski definition) is 5. The highest BCUT2D eigenvalue weighted by atomic mass is 79.9. The van der Waals surface area contributed by atoms with Gasteiger partial charge in [0.1, 0.15) is 5.75 Å². The summed E-state index contributed by atoms with van der Waals surface area (Å²) in [4.78, 5) is 6.76. The summed E-state index contributed by atoms with van der Waals surface area (Å²) in [5.41, 5.74) is 0.943. The van der Waals surface area contributed by atoms with Gasteiger partial charge >= 0.3 is 0 Å². The maximum atomic E-state index is 5.25. The van der Waals surface area contributed by atoms with Crippen LogP contribution in [0.25, 0.3) is 11.4 Å². The molecule has 1 aromatic heterocycles. The molecule has 7 heteroatoms. The van der Waals surface area contributed by atoms with Crippen LogP contribution in [0.15, 0.2) is 22.7 Å². The van der Waals surface area contributed by atoms with Gasteiger partial charge in [-0.15, -0.1) is 5.10 Å². The number of aromatic amines is 1. The van der Waals surface area contributed by atoms with Crippen molar-refractivity contribution in [1.82, 2.24) is 20.5 Å². The number of piperazine rings is 1. The normalized spacial score (nSPS) is 15.4. The molecule has 6 nitrogen and oxygen atoms in total. The highest BCUT2D eigenvalue weighted by molar-refractivity contribution is 9.10. The standard InChI is InChI=1S/C13H16BrN5O/c1-20-9-2-3-11(14)10(8-9)12-16-13(18-17-12)19-6-4-15-5-7-19/h2-3,8,15H,4-7H2,1H3,(H,16,17,18). The van der Waals surface area contributed by atoms with Crippen molar-refractivity contribution in [2.24, 2.45) is 0 Å². The zero-order chi connectivity index (χ0) is 13.9. The summed E-state index contributed by atoms with van der Waals surface area (Å²) in [6.07, 6.45) is 0. The summed E-state index contributed by atoms with van der Waals surface area (Å²) < 4.78 is 6.21. The zero-order valence-electron chi connectivity index (χ0n) is 11.2. The number of nitrogens with zero attached hydrogens (tertiary/aromatic N) is 3. The number of ether oxygens (including phenoxy) is 1. The molecule has 1 aromatic carbocycles. The van der Waals surface area contributed by atoms with Crippen molar-refractivity contribution < 1.29 is 4.74 Å². The minimum absolute atomic E-state index is 0.740. The van der Waals surface area contributed by atoms with E-state index in [4.69, 9.17) is 4.74 Å². The maximum absolute atomic E-state index is 5.25. The molecule has 1 aliphatic heterocycles. The summed E-state index contributed by atoms with van der Waals surface area (Å²) in [6, 6.07) is 5.79. The van der Waals surface area contributed by atoms with E-state index >= 15 is 0 Å². The number of hydrogen-bond donors (Lipinski definition) is 2. The number of benzene rings is 1. The van der Waals surface area contributed by atoms with Crippen LogP contribution in [0.2, 0.25) is 0 Å². The van der Waals surface area contributed by atoms with E-state index in [1.807, 2.05) is 18.2 Å². The van der Waals surface area contributed by atoms with Gasteiger partial charge in [-0.2, -0.15) is 4.98 Å². The number of rotatable bonds is 3. The predicted molar refractivity (Wildman–Crippen MR) is 81.2 cm³/mol. The predicted octanol–water partition coefficient (Wildman–Crippen LogP) is 1.65. The first kappa shape index (κ1) is 13.4. The quantitative estimate of drug-likeness (QED) is 0.891. The first-order chi connectivity index (χ1) is 9.78. The molecule has 2 aromatic rings. The largest absolute Gasteiger partial charge is 0.497 e. The van der Waals surface area contributed by atoms with Crippen LogP contribution in [0.1, 0.15) is 0 Å². The fourth-order valence-electron chi connectivity index (χ4n) is 2.19. The van der Waals surface area contributed by atoms with Gasteiger partial charge in [0.2, 0.25) is 5.95 Å². The average molecular weight is 338 g/mol. The maximum Gasteiger partial charge on any atom is 0.245 e. The topological polar surface area (TPSA) is 66.1 Å². The molecule has 0 amide bonds. The van der Waals surface area contributed by atoms with Crippen LogP contribution in [0.4, 0.5) is 5.95 Å². The molecule has 0 unspecified atom stereocenters. The Balaban J connectivity index is 1.89. The SMILES string of the molecule is COc1ccc(Br)c(-c2nc(N3CCNCC3)n[nH]2)c1. The molecule has 0 saturated carbocycles. The molecule has 2 heterocycles. The third-order valence-corrected chi connectivity index (χ3v) is 3.99. The lowest BCUT2D eigenvalue weighted by Gasteiger charge is -2.25. The Morgan fingerprint density at radius 1 is 1.30 bits per heavy atom. The summed E-state index contributed by atoms with van der Waals surface area (Å²) in [6.45, 7) is 3.78. The second kappa shape index (κ2) is 5.80. The monoisotopic (exact) mass is 337 g/mol. The number of H-pyrrole nitrogens is 1. The van der Waals surface area contributed by atoms with Gasteiger partial charge in [0.25, 0.3) is 0 Å². The molecule has 1 saturated heterocycles. The van der Waals surface area contributed by atoms with Crippen molar-refractivity contribution in [3.63, 3.8) is 0 Å². The summed E-state index contributed by atoms with van der Waals surface area (Å²) in [5, 5.41) is 10.6. The molecule has 3 rings (SSSR count). The lowest BCUT2D eigenvalue weighted by atomic mass is 10.2. The van der Waals surface area contributed by atoms with Crippen molar-refractivity contribution in [3.05, 3.63) is 22.7 Å². The molecular weight excluding hydrogens is 322 g/mol. The van der Waals surface area contributed by atoms with Gasteiger partial charge in [0, 0.05) is 36.2 Å². The Labute approximate surface area is 125 Å². The van der Waals surface area contributed by atoms with Gasteiger partial charge in [-0.05, 0) is 18.2 Å². The van der Waals surface area contributed by atoms with E-state index in [2.05, 4.69) is 41.3 Å². The van der Waals surface area contributed by atoms with E-state index in [0.29, 0.717) is 0 Å². The van der Waals surface area contributed by atoms with Crippen LogP contribution in [-0.2, 0) is 0 Å². The van der Waals surface area contributed by atoms with Crippen LogP contribution in [0, 0.1) is 0 Å². The van der Waals surface area contributed by atoms with Crippen molar-refractivity contribution in [1.29, 1.82) is 0 Å². The van der Waals surface area contributed by atoms with E-state index in [0.717, 1.165) is 53.7 Å². The second-order valence-electron chi connectivity index (χ2n) is 4.57. The Kier molecular flexibility index (Phi) is 3.88. The van der Waals surface area contributed by atoms with Crippen LogP contribution in [-0.4, -0.2) is 48.5 Å². The summed E-state index contributed by atoms with van der Waals surface area (Å²) in [7, 11) is 1.65. The van der Waals surface area contributed by atoms with E-state index in [1.165, 1.54) is 0 Å². The molecule has 0 aliphatic carbocycles. The number of methoxy groups -OCH3 is 1. The van der Waals surface area contributed by atoms with Gasteiger partial charge in [-0.25, -0.2) is 0 Å². The summed E-state index contributed by atoms with van der Waals surface area (Å²) >= 11 is 3.53. The molecule has 0 bridgehead atoms. The minimum atomic E-state index is 0.740. The van der Waals surface area contributed by atoms with Crippen LogP contribution in [0.3, 0.4) is 0 Å². The van der Waals surface area contributed by atoms with Gasteiger partial charge < -0.3 is 15.0 Å². The minimum Gasteiger partial charge on any atom is -0.497 e. The molecule has 0 spiro atoms. The van der Waals surface area contributed by atoms with Crippen LogP contribution < -0.4 is 15.0 Å². The number of halogens is 1. The third kappa shape index (κ3) is 2.64. The lowest BCUT2D eigenvalue weighted by molar-refractivity contribution is 0.415. The first-order valence-electron chi connectivity index (χ1n) is 6.50. The van der Waals surface area contributed by atoms with Gasteiger partial charge in [0.15, 0.2) is 5.82 Å². The molecule has 0 atom stereocenters. The Bertz CT molecular complexity index is 594. The van der Waals surface area contributed by atoms with Gasteiger partial charge in [-0.1, -0.05) is 15.9 Å². The van der Waals surface area contributed by atoms with E-state index < -0.39 is 0 Å². The fourth-order valence-corrected chi connectivity index (χ4v) is 2.63. The average Bonchev–Trinajstić information content (AvgIpc) is 2.98. The molecule has 2 N–H and O–H groups in total. The van der Waals surface area contributed by atoms with Crippen molar-refractivity contribution in [2.45, 2.75) is 0 Å².